The van der Waals surface area contributed by atoms with Gasteiger partial charge >= 0.3 is 0 Å². The molecule has 8 nitrogen and oxygen atoms in total. The number of carbonyl (C=O) groups excluding carboxylic acids is 2. The highest BCUT2D eigenvalue weighted by atomic mass is 35.5. The van der Waals surface area contributed by atoms with Crippen LogP contribution < -0.4 is 14.4 Å². The quantitative estimate of drug-likeness (QED) is 0.342. The molecule has 1 atom stereocenters. The molecule has 0 saturated heterocycles. The number of anilines is 1. The zero-order valence-corrected chi connectivity index (χ0v) is 24.2. The third kappa shape index (κ3) is 6.95. The van der Waals surface area contributed by atoms with Crippen molar-refractivity contribution in [1.29, 1.82) is 0 Å². The first-order chi connectivity index (χ1) is 19.2. The maximum Gasteiger partial charge on any atom is 0.264 e. The van der Waals surface area contributed by atoms with Gasteiger partial charge in [-0.05, 0) is 55.7 Å². The van der Waals surface area contributed by atoms with Crippen LogP contribution in [0.2, 0.25) is 5.02 Å². The number of rotatable bonds is 11. The molecule has 212 valence electrons. The van der Waals surface area contributed by atoms with Crippen molar-refractivity contribution >= 4 is 39.1 Å². The van der Waals surface area contributed by atoms with Crippen LogP contribution in [0, 0.1) is 0 Å². The molecule has 0 aromatic heterocycles. The molecular weight excluding hydrogens is 550 g/mol. The molecule has 1 aliphatic rings. The standard InChI is InChI=1S/C30H34ClN3O5S/c1-22(30(36)32-25-13-9-10-14-25)33(20-23-11-5-3-6-12-23)29(35)21-34(27-19-24(31)17-18-28(27)39-2)40(37,38)26-15-7-4-8-16-26/h3-8,11-12,15-19,22,25H,9-10,13-14,20-21H2,1-2H3,(H,32,36). The average molecular weight is 584 g/mol. The molecule has 0 heterocycles. The number of nitrogens with zero attached hydrogens (tertiary/aromatic N) is 2. The molecule has 1 aliphatic carbocycles. The second-order valence-electron chi connectivity index (χ2n) is 9.81. The van der Waals surface area contributed by atoms with E-state index in [9.17, 15) is 18.0 Å². The number of hydrogen-bond acceptors (Lipinski definition) is 5. The summed E-state index contributed by atoms with van der Waals surface area (Å²) in [6.07, 6.45) is 3.92. The Kier molecular flexibility index (Phi) is 9.71. The van der Waals surface area contributed by atoms with Gasteiger partial charge in [-0.1, -0.05) is 73.0 Å². The van der Waals surface area contributed by atoms with Crippen LogP contribution in [0.3, 0.4) is 0 Å². The molecule has 40 heavy (non-hydrogen) atoms. The van der Waals surface area contributed by atoms with Crippen LogP contribution in [-0.4, -0.2) is 50.9 Å². The number of hydrogen-bond donors (Lipinski definition) is 1. The minimum absolute atomic E-state index is 0.00598. The summed E-state index contributed by atoms with van der Waals surface area (Å²) in [5, 5.41) is 3.34. The predicted octanol–water partition coefficient (Wildman–Crippen LogP) is 5.02. The van der Waals surface area contributed by atoms with Gasteiger partial charge in [0, 0.05) is 17.6 Å². The number of amides is 2. The zero-order valence-electron chi connectivity index (χ0n) is 22.6. The van der Waals surface area contributed by atoms with E-state index in [1.807, 2.05) is 30.3 Å². The molecule has 0 spiro atoms. The van der Waals surface area contributed by atoms with Gasteiger partial charge in [0.2, 0.25) is 11.8 Å². The highest BCUT2D eigenvalue weighted by molar-refractivity contribution is 7.92. The van der Waals surface area contributed by atoms with Crippen molar-refractivity contribution in [3.8, 4) is 5.75 Å². The molecule has 10 heteroatoms. The minimum Gasteiger partial charge on any atom is -0.495 e. The molecule has 0 bridgehead atoms. The normalized spacial score (nSPS) is 14.4. The van der Waals surface area contributed by atoms with E-state index in [1.54, 1.807) is 37.3 Å². The number of methoxy groups -OCH3 is 1. The van der Waals surface area contributed by atoms with Gasteiger partial charge in [0.25, 0.3) is 10.0 Å². The second kappa shape index (κ2) is 13.2. The van der Waals surface area contributed by atoms with Gasteiger partial charge in [-0.2, -0.15) is 0 Å². The lowest BCUT2D eigenvalue weighted by Gasteiger charge is -2.33. The summed E-state index contributed by atoms with van der Waals surface area (Å²) in [5.41, 5.74) is 0.934. The Morgan fingerprint density at radius 3 is 2.25 bits per heavy atom. The highest BCUT2D eigenvalue weighted by Gasteiger charge is 2.34. The fourth-order valence-electron chi connectivity index (χ4n) is 4.85. The number of ether oxygens (including phenoxy) is 1. The summed E-state index contributed by atoms with van der Waals surface area (Å²) in [5.74, 6) is -0.577. The SMILES string of the molecule is COc1ccc(Cl)cc1N(CC(=O)N(Cc1ccccc1)C(C)C(=O)NC1CCCC1)S(=O)(=O)c1ccccc1. The highest BCUT2D eigenvalue weighted by Crippen LogP contribution is 2.35. The van der Waals surface area contributed by atoms with Crippen molar-refractivity contribution in [3.63, 3.8) is 0 Å². The fourth-order valence-corrected chi connectivity index (χ4v) is 6.45. The molecule has 0 aliphatic heterocycles. The Hall–Kier alpha value is -3.56. The van der Waals surface area contributed by atoms with Crippen LogP contribution in [0.5, 0.6) is 5.75 Å². The van der Waals surface area contributed by atoms with Gasteiger partial charge < -0.3 is 15.0 Å². The van der Waals surface area contributed by atoms with Gasteiger partial charge in [-0.25, -0.2) is 8.42 Å². The third-order valence-corrected chi connectivity index (χ3v) is 9.09. The van der Waals surface area contributed by atoms with E-state index in [-0.39, 0.29) is 39.8 Å². The topological polar surface area (TPSA) is 96.0 Å². The third-order valence-electron chi connectivity index (χ3n) is 7.08. The van der Waals surface area contributed by atoms with Crippen molar-refractivity contribution in [2.24, 2.45) is 0 Å². The summed E-state index contributed by atoms with van der Waals surface area (Å²) in [7, 11) is -2.81. The first kappa shape index (κ1) is 29.4. The van der Waals surface area contributed by atoms with Crippen LogP contribution in [0.1, 0.15) is 38.2 Å². The van der Waals surface area contributed by atoms with E-state index < -0.39 is 28.5 Å². The summed E-state index contributed by atoms with van der Waals surface area (Å²) >= 11 is 6.27. The maximum absolute atomic E-state index is 14.0. The Balaban J connectivity index is 1.72. The molecule has 2 amide bonds. The molecular formula is C30H34ClN3O5S. The van der Waals surface area contributed by atoms with Crippen molar-refractivity contribution in [1.82, 2.24) is 10.2 Å². The molecule has 0 radical (unpaired) electrons. The average Bonchev–Trinajstić information content (AvgIpc) is 3.48. The fraction of sp³-hybridized carbons (Fsp3) is 0.333. The Morgan fingerprint density at radius 2 is 1.62 bits per heavy atom. The largest absolute Gasteiger partial charge is 0.495 e. The predicted molar refractivity (Wildman–Crippen MR) is 156 cm³/mol. The number of nitrogens with one attached hydrogen (secondary N) is 1. The lowest BCUT2D eigenvalue weighted by atomic mass is 10.1. The first-order valence-corrected chi connectivity index (χ1v) is 15.1. The number of carbonyl (C=O) groups is 2. The summed E-state index contributed by atoms with van der Waals surface area (Å²) < 4.78 is 34.3. The van der Waals surface area contributed by atoms with Crippen LogP contribution in [-0.2, 0) is 26.2 Å². The van der Waals surface area contributed by atoms with Crippen LogP contribution in [0.25, 0.3) is 0 Å². The van der Waals surface area contributed by atoms with E-state index >= 15 is 0 Å². The second-order valence-corrected chi connectivity index (χ2v) is 12.1. The molecule has 1 unspecified atom stereocenters. The zero-order chi connectivity index (χ0) is 28.7. The van der Waals surface area contributed by atoms with Crippen molar-refractivity contribution < 1.29 is 22.7 Å². The van der Waals surface area contributed by atoms with E-state index in [4.69, 9.17) is 16.3 Å². The van der Waals surface area contributed by atoms with Gasteiger partial charge in [-0.3, -0.25) is 13.9 Å². The number of sulfonamides is 1. The Bertz CT molecular complexity index is 1410. The Morgan fingerprint density at radius 1 is 1.00 bits per heavy atom. The van der Waals surface area contributed by atoms with E-state index in [2.05, 4.69) is 5.32 Å². The lowest BCUT2D eigenvalue weighted by molar-refractivity contribution is -0.139. The monoisotopic (exact) mass is 583 g/mol. The number of halogens is 1. The van der Waals surface area contributed by atoms with E-state index in [0.717, 1.165) is 35.6 Å². The van der Waals surface area contributed by atoms with Gasteiger partial charge in [0.15, 0.2) is 0 Å². The van der Waals surface area contributed by atoms with Crippen molar-refractivity contribution in [2.75, 3.05) is 18.0 Å². The molecule has 1 N–H and O–H groups in total. The lowest BCUT2D eigenvalue weighted by Crippen LogP contribution is -2.52. The van der Waals surface area contributed by atoms with Crippen molar-refractivity contribution in [3.05, 3.63) is 89.4 Å². The smallest absolute Gasteiger partial charge is 0.264 e. The molecule has 3 aromatic rings. The van der Waals surface area contributed by atoms with E-state index in [1.165, 1.54) is 30.2 Å². The Labute approximate surface area is 240 Å². The molecule has 4 rings (SSSR count). The van der Waals surface area contributed by atoms with Gasteiger partial charge in [-0.15, -0.1) is 0 Å². The van der Waals surface area contributed by atoms with Crippen LogP contribution >= 0.6 is 11.6 Å². The maximum atomic E-state index is 14.0. The van der Waals surface area contributed by atoms with Crippen LogP contribution in [0.4, 0.5) is 5.69 Å². The van der Waals surface area contributed by atoms with Crippen LogP contribution in [0.15, 0.2) is 83.8 Å². The summed E-state index contributed by atoms with van der Waals surface area (Å²) in [4.78, 5) is 28.7. The van der Waals surface area contributed by atoms with Gasteiger partial charge in [0.1, 0.15) is 18.3 Å². The first-order valence-electron chi connectivity index (χ1n) is 13.3. The molecule has 1 saturated carbocycles. The minimum atomic E-state index is -4.22. The molecule has 3 aromatic carbocycles. The van der Waals surface area contributed by atoms with Gasteiger partial charge in [0.05, 0.1) is 17.7 Å². The molecule has 1 fully saturated rings. The van der Waals surface area contributed by atoms with E-state index in [0.29, 0.717) is 0 Å². The summed E-state index contributed by atoms with van der Waals surface area (Å²) in [6, 6.07) is 21.0. The summed E-state index contributed by atoms with van der Waals surface area (Å²) in [6.45, 7) is 1.23. The van der Waals surface area contributed by atoms with Crippen molar-refractivity contribution in [2.45, 2.75) is 56.1 Å². The number of benzene rings is 3.